The number of nitrogens with one attached hydrogen (secondary N) is 3. The van der Waals surface area contributed by atoms with Gasteiger partial charge in [0, 0.05) is 29.9 Å². The number of hydrogen-bond acceptors (Lipinski definition) is 5. The fourth-order valence-electron chi connectivity index (χ4n) is 5.02. The Kier molecular flexibility index (Phi) is 7.83. The number of piperidine rings is 1. The zero-order chi connectivity index (χ0) is 25.1. The highest BCUT2D eigenvalue weighted by Gasteiger charge is 2.34. The first-order valence-corrected chi connectivity index (χ1v) is 14.2. The molecule has 4 rings (SSSR count). The van der Waals surface area contributed by atoms with E-state index in [1.54, 1.807) is 18.2 Å². The lowest BCUT2D eigenvalue weighted by atomic mass is 9.85. The summed E-state index contributed by atoms with van der Waals surface area (Å²) in [6.07, 6.45) is 5.15. The van der Waals surface area contributed by atoms with E-state index in [1.165, 1.54) is 19.3 Å². The average molecular weight is 499 g/mol. The van der Waals surface area contributed by atoms with Crippen molar-refractivity contribution in [3.8, 4) is 0 Å². The van der Waals surface area contributed by atoms with Crippen molar-refractivity contribution < 1.29 is 13.2 Å². The standard InChI is InChI=1S/C27H38N4O3S/c1-4-20-8-11-22(12-9-20)35(33,34)30-25-19-27(2,3)29-24-13-10-21(18-23(24)25)26(32)28-14-17-31-15-6-5-7-16-31/h8-13,18,25,29-30H,4-7,14-17,19H2,1-3H3,(H,28,32)/t25-/m0/s1. The van der Waals surface area contributed by atoms with Crippen molar-refractivity contribution in [3.63, 3.8) is 0 Å². The molecule has 1 fully saturated rings. The van der Waals surface area contributed by atoms with Crippen LogP contribution < -0.4 is 15.4 Å². The molecule has 1 atom stereocenters. The summed E-state index contributed by atoms with van der Waals surface area (Å²) in [6.45, 7) is 9.79. The van der Waals surface area contributed by atoms with Crippen molar-refractivity contribution >= 4 is 21.6 Å². The molecule has 0 aromatic heterocycles. The van der Waals surface area contributed by atoms with Crippen LogP contribution in [0.3, 0.4) is 0 Å². The van der Waals surface area contributed by atoms with Gasteiger partial charge in [-0.05, 0) is 94.1 Å². The van der Waals surface area contributed by atoms with Crippen molar-refractivity contribution in [1.82, 2.24) is 14.9 Å². The summed E-state index contributed by atoms with van der Waals surface area (Å²) in [7, 11) is -3.72. The van der Waals surface area contributed by atoms with Gasteiger partial charge in [0.1, 0.15) is 0 Å². The molecular formula is C27H38N4O3S. The molecule has 0 aliphatic carbocycles. The Morgan fingerprint density at radius 1 is 1.09 bits per heavy atom. The van der Waals surface area contributed by atoms with Crippen LogP contribution in [0.2, 0.25) is 0 Å². The van der Waals surface area contributed by atoms with E-state index in [0.717, 1.165) is 42.9 Å². The molecule has 2 aliphatic heterocycles. The van der Waals surface area contributed by atoms with Gasteiger partial charge in [0.2, 0.25) is 10.0 Å². The minimum Gasteiger partial charge on any atom is -0.380 e. The number of aryl methyl sites for hydroxylation is 1. The second kappa shape index (κ2) is 10.7. The molecule has 2 heterocycles. The van der Waals surface area contributed by atoms with Crippen LogP contribution in [0.5, 0.6) is 0 Å². The number of hydrogen-bond donors (Lipinski definition) is 3. The van der Waals surface area contributed by atoms with E-state index in [2.05, 4.69) is 34.1 Å². The minimum atomic E-state index is -3.72. The summed E-state index contributed by atoms with van der Waals surface area (Å²) < 4.78 is 29.3. The maximum absolute atomic E-state index is 13.2. The van der Waals surface area contributed by atoms with Crippen LogP contribution in [-0.2, 0) is 16.4 Å². The first-order chi connectivity index (χ1) is 16.7. The normalized spacial score (nSPS) is 20.0. The summed E-state index contributed by atoms with van der Waals surface area (Å²) in [5.74, 6) is -0.133. The Bertz CT molecular complexity index is 1140. The summed E-state index contributed by atoms with van der Waals surface area (Å²) in [6, 6.07) is 12.1. The minimum absolute atomic E-state index is 0.133. The predicted molar refractivity (Wildman–Crippen MR) is 140 cm³/mol. The fraction of sp³-hybridized carbons (Fsp3) is 0.519. The van der Waals surface area contributed by atoms with E-state index in [1.807, 2.05) is 31.2 Å². The fourth-order valence-corrected chi connectivity index (χ4v) is 6.23. The number of carbonyl (C=O) groups excluding carboxylic acids is 1. The van der Waals surface area contributed by atoms with Gasteiger partial charge in [-0.15, -0.1) is 0 Å². The van der Waals surface area contributed by atoms with Gasteiger partial charge < -0.3 is 15.5 Å². The molecule has 1 amide bonds. The number of benzene rings is 2. The molecule has 0 saturated carbocycles. The molecule has 1 saturated heterocycles. The first-order valence-electron chi connectivity index (χ1n) is 12.7. The zero-order valence-corrected chi connectivity index (χ0v) is 21.9. The number of nitrogens with zero attached hydrogens (tertiary/aromatic N) is 1. The number of carbonyl (C=O) groups is 1. The summed E-state index contributed by atoms with van der Waals surface area (Å²) >= 11 is 0. The lowest BCUT2D eigenvalue weighted by molar-refractivity contribution is 0.0946. The molecule has 0 radical (unpaired) electrons. The number of sulfonamides is 1. The van der Waals surface area contributed by atoms with E-state index < -0.39 is 16.1 Å². The highest BCUT2D eigenvalue weighted by atomic mass is 32.2. The van der Waals surface area contributed by atoms with Gasteiger partial charge in [-0.3, -0.25) is 4.79 Å². The Labute approximate surface area is 209 Å². The van der Waals surface area contributed by atoms with Gasteiger partial charge in [0.05, 0.1) is 10.9 Å². The van der Waals surface area contributed by atoms with Crippen molar-refractivity contribution in [2.24, 2.45) is 0 Å². The van der Waals surface area contributed by atoms with Crippen molar-refractivity contribution in [3.05, 3.63) is 59.2 Å². The van der Waals surface area contributed by atoms with Crippen LogP contribution in [-0.4, -0.2) is 50.9 Å². The van der Waals surface area contributed by atoms with E-state index in [9.17, 15) is 13.2 Å². The van der Waals surface area contributed by atoms with Crippen LogP contribution in [0.1, 0.15) is 74.0 Å². The number of rotatable bonds is 8. The van der Waals surface area contributed by atoms with Gasteiger partial charge in [0.15, 0.2) is 0 Å². The van der Waals surface area contributed by atoms with Crippen molar-refractivity contribution in [2.75, 3.05) is 31.5 Å². The van der Waals surface area contributed by atoms with E-state index in [-0.39, 0.29) is 16.3 Å². The molecule has 8 heteroatoms. The third kappa shape index (κ3) is 6.42. The van der Waals surface area contributed by atoms with Crippen LogP contribution in [0.25, 0.3) is 0 Å². The first kappa shape index (κ1) is 25.7. The Balaban J connectivity index is 1.50. The Morgan fingerprint density at radius 3 is 2.49 bits per heavy atom. The summed E-state index contributed by atoms with van der Waals surface area (Å²) in [5.41, 5.74) is 2.97. The van der Waals surface area contributed by atoms with Gasteiger partial charge in [0.25, 0.3) is 5.91 Å². The van der Waals surface area contributed by atoms with Crippen LogP contribution >= 0.6 is 0 Å². The van der Waals surface area contributed by atoms with Crippen LogP contribution in [0, 0.1) is 0 Å². The Hall–Kier alpha value is -2.42. The van der Waals surface area contributed by atoms with Crippen LogP contribution in [0.15, 0.2) is 47.4 Å². The second-order valence-electron chi connectivity index (χ2n) is 10.3. The molecule has 2 aromatic carbocycles. The molecule has 2 aliphatic rings. The zero-order valence-electron chi connectivity index (χ0n) is 21.1. The molecule has 7 nitrogen and oxygen atoms in total. The molecule has 0 unspecified atom stereocenters. The molecule has 190 valence electrons. The van der Waals surface area contributed by atoms with E-state index >= 15 is 0 Å². The largest absolute Gasteiger partial charge is 0.380 e. The molecule has 0 bridgehead atoms. The highest BCUT2D eigenvalue weighted by molar-refractivity contribution is 7.89. The molecule has 0 spiro atoms. The van der Waals surface area contributed by atoms with Gasteiger partial charge in [-0.2, -0.15) is 0 Å². The SMILES string of the molecule is CCc1ccc(S(=O)(=O)N[C@H]2CC(C)(C)Nc3ccc(C(=O)NCCN4CCCCC4)cc32)cc1. The predicted octanol–water partition coefficient (Wildman–Crippen LogP) is 4.08. The van der Waals surface area contributed by atoms with Gasteiger partial charge in [-0.25, -0.2) is 13.1 Å². The number of fused-ring (bicyclic) bond motifs is 1. The third-order valence-electron chi connectivity index (χ3n) is 6.98. The summed E-state index contributed by atoms with van der Waals surface area (Å²) in [5, 5.41) is 6.52. The number of anilines is 1. The molecule has 35 heavy (non-hydrogen) atoms. The Morgan fingerprint density at radius 2 is 1.80 bits per heavy atom. The summed E-state index contributed by atoms with van der Waals surface area (Å²) in [4.78, 5) is 15.5. The maximum Gasteiger partial charge on any atom is 0.251 e. The van der Waals surface area contributed by atoms with Crippen molar-refractivity contribution in [1.29, 1.82) is 0 Å². The third-order valence-corrected chi connectivity index (χ3v) is 8.47. The lowest BCUT2D eigenvalue weighted by Gasteiger charge is -2.39. The quantitative estimate of drug-likeness (QED) is 0.510. The monoisotopic (exact) mass is 498 g/mol. The second-order valence-corrected chi connectivity index (χ2v) is 12.1. The van der Waals surface area contributed by atoms with E-state index in [0.29, 0.717) is 18.5 Å². The number of likely N-dealkylation sites (tertiary alicyclic amines) is 1. The smallest absolute Gasteiger partial charge is 0.251 e. The average Bonchev–Trinajstić information content (AvgIpc) is 2.83. The van der Waals surface area contributed by atoms with Gasteiger partial charge >= 0.3 is 0 Å². The lowest BCUT2D eigenvalue weighted by Crippen LogP contribution is -2.43. The van der Waals surface area contributed by atoms with Gasteiger partial charge in [-0.1, -0.05) is 25.5 Å². The highest BCUT2D eigenvalue weighted by Crippen LogP contribution is 2.38. The van der Waals surface area contributed by atoms with Crippen molar-refractivity contribution in [2.45, 2.75) is 69.4 Å². The number of amides is 1. The topological polar surface area (TPSA) is 90.5 Å². The molecule has 2 aromatic rings. The van der Waals surface area contributed by atoms with Crippen LogP contribution in [0.4, 0.5) is 5.69 Å². The molecule has 3 N–H and O–H groups in total. The van der Waals surface area contributed by atoms with E-state index in [4.69, 9.17) is 0 Å². The maximum atomic E-state index is 13.2. The molecular weight excluding hydrogens is 460 g/mol.